The van der Waals surface area contributed by atoms with E-state index in [1.165, 1.54) is 24.0 Å². The van der Waals surface area contributed by atoms with E-state index in [-0.39, 0.29) is 5.91 Å². The number of hydrogen-bond donors (Lipinski definition) is 1. The van der Waals surface area contributed by atoms with Crippen molar-refractivity contribution in [2.75, 3.05) is 12.4 Å². The Kier molecular flexibility index (Phi) is 5.36. The Balaban J connectivity index is 1.65. The van der Waals surface area contributed by atoms with Gasteiger partial charge < -0.3 is 14.8 Å². The molecule has 0 spiro atoms. The van der Waals surface area contributed by atoms with Crippen LogP contribution in [-0.4, -0.2) is 25.1 Å². The highest BCUT2D eigenvalue weighted by Gasteiger charge is 2.30. The van der Waals surface area contributed by atoms with Gasteiger partial charge in [-0.3, -0.25) is 4.79 Å². The fourth-order valence-electron chi connectivity index (χ4n) is 3.52. The summed E-state index contributed by atoms with van der Waals surface area (Å²) in [5.74, 6) is -0.153. The zero-order chi connectivity index (χ0) is 20.4. The standard InChI is InChI=1S/C23H21NO4S/c1-14(28-16-9-4-3-5-10-16)21(25)24-22-20(23(26)27-2)19-17-11-7-6-8-15(17)12-13-18(19)29-22/h3-11,14H,12-13H2,1-2H3,(H,24,25)/t14-/m0/s1. The van der Waals surface area contributed by atoms with Crippen LogP contribution in [0.25, 0.3) is 11.1 Å². The first-order chi connectivity index (χ1) is 14.1. The third-order valence-corrected chi connectivity index (χ3v) is 6.11. The number of esters is 1. The van der Waals surface area contributed by atoms with Gasteiger partial charge in [-0.05, 0) is 43.0 Å². The van der Waals surface area contributed by atoms with Gasteiger partial charge in [0.15, 0.2) is 6.10 Å². The number of thiophene rings is 1. The molecule has 6 heteroatoms. The zero-order valence-corrected chi connectivity index (χ0v) is 17.0. The molecule has 1 heterocycles. The summed E-state index contributed by atoms with van der Waals surface area (Å²) < 4.78 is 10.7. The maximum atomic E-state index is 12.8. The average Bonchev–Trinajstić information content (AvgIpc) is 3.12. The minimum atomic E-state index is -0.714. The van der Waals surface area contributed by atoms with Crippen LogP contribution >= 0.6 is 11.3 Å². The molecule has 5 nitrogen and oxygen atoms in total. The summed E-state index contributed by atoms with van der Waals surface area (Å²) in [6.45, 7) is 1.68. The molecule has 148 valence electrons. The second kappa shape index (κ2) is 8.09. The van der Waals surface area contributed by atoms with Crippen LogP contribution in [0.1, 0.15) is 27.7 Å². The molecule has 1 aliphatic rings. The number of rotatable bonds is 5. The summed E-state index contributed by atoms with van der Waals surface area (Å²) in [7, 11) is 1.36. The van der Waals surface area contributed by atoms with Crippen LogP contribution in [-0.2, 0) is 22.4 Å². The largest absolute Gasteiger partial charge is 0.481 e. The number of para-hydroxylation sites is 1. The molecule has 0 bridgehead atoms. The number of carbonyl (C=O) groups is 2. The second-order valence-corrected chi connectivity index (χ2v) is 7.92. The molecule has 1 atom stereocenters. The highest BCUT2D eigenvalue weighted by atomic mass is 32.1. The molecule has 4 rings (SSSR count). The molecule has 0 aliphatic heterocycles. The molecule has 1 N–H and O–H groups in total. The molecular formula is C23H21NO4S. The normalized spacial score (nSPS) is 13.0. The zero-order valence-electron chi connectivity index (χ0n) is 16.2. The fraction of sp³-hybridized carbons (Fsp3) is 0.217. The summed E-state index contributed by atoms with van der Waals surface area (Å²) in [6, 6.07) is 17.2. The van der Waals surface area contributed by atoms with E-state index in [1.807, 2.05) is 36.4 Å². The molecule has 0 saturated heterocycles. The van der Waals surface area contributed by atoms with E-state index >= 15 is 0 Å². The Morgan fingerprint density at radius 2 is 1.76 bits per heavy atom. The number of aryl methyl sites for hydroxylation is 2. The molecule has 0 unspecified atom stereocenters. The summed E-state index contributed by atoms with van der Waals surface area (Å²) in [5.41, 5.74) is 3.51. The maximum absolute atomic E-state index is 12.8. The lowest BCUT2D eigenvalue weighted by atomic mass is 9.88. The first-order valence-electron chi connectivity index (χ1n) is 9.43. The lowest BCUT2D eigenvalue weighted by molar-refractivity contribution is -0.122. The van der Waals surface area contributed by atoms with E-state index in [9.17, 15) is 9.59 Å². The topological polar surface area (TPSA) is 64.6 Å². The van der Waals surface area contributed by atoms with E-state index in [4.69, 9.17) is 9.47 Å². The van der Waals surface area contributed by atoms with Crippen molar-refractivity contribution in [2.45, 2.75) is 25.9 Å². The number of benzene rings is 2. The maximum Gasteiger partial charge on any atom is 0.341 e. The van der Waals surface area contributed by atoms with Crippen LogP contribution in [0.3, 0.4) is 0 Å². The monoisotopic (exact) mass is 407 g/mol. The summed E-state index contributed by atoms with van der Waals surface area (Å²) in [5, 5.41) is 3.39. The molecular weight excluding hydrogens is 386 g/mol. The third-order valence-electron chi connectivity index (χ3n) is 4.94. The summed E-state index contributed by atoms with van der Waals surface area (Å²) in [6.07, 6.45) is 1.02. The van der Waals surface area contributed by atoms with Crippen molar-refractivity contribution < 1.29 is 19.1 Å². The molecule has 0 radical (unpaired) electrons. The Labute approximate surface area is 173 Å². The van der Waals surface area contributed by atoms with E-state index in [2.05, 4.69) is 11.4 Å². The number of fused-ring (bicyclic) bond motifs is 3. The minimum Gasteiger partial charge on any atom is -0.481 e. The SMILES string of the molecule is COC(=O)c1c(NC(=O)[C@H](C)Oc2ccccc2)sc2c1-c1ccccc1CC2. The van der Waals surface area contributed by atoms with Gasteiger partial charge in [-0.2, -0.15) is 0 Å². The van der Waals surface area contributed by atoms with E-state index in [0.29, 0.717) is 16.3 Å². The number of ether oxygens (including phenoxy) is 2. The Bertz CT molecular complexity index is 1060. The Hall–Kier alpha value is -3.12. The fourth-order valence-corrected chi connectivity index (χ4v) is 4.73. The van der Waals surface area contributed by atoms with Gasteiger partial charge in [-0.1, -0.05) is 42.5 Å². The van der Waals surface area contributed by atoms with Gasteiger partial charge in [-0.15, -0.1) is 11.3 Å². The van der Waals surface area contributed by atoms with Gasteiger partial charge in [0.05, 0.1) is 7.11 Å². The molecule has 2 aromatic carbocycles. The molecule has 3 aromatic rings. The van der Waals surface area contributed by atoms with Crippen molar-refractivity contribution in [2.24, 2.45) is 0 Å². The predicted molar refractivity (Wildman–Crippen MR) is 114 cm³/mol. The smallest absolute Gasteiger partial charge is 0.341 e. The van der Waals surface area contributed by atoms with Gasteiger partial charge in [0, 0.05) is 10.4 Å². The number of carbonyl (C=O) groups excluding carboxylic acids is 2. The Morgan fingerprint density at radius 1 is 1.03 bits per heavy atom. The first-order valence-corrected chi connectivity index (χ1v) is 10.2. The van der Waals surface area contributed by atoms with Crippen molar-refractivity contribution in [1.29, 1.82) is 0 Å². The number of amides is 1. The predicted octanol–water partition coefficient (Wildman–Crippen LogP) is 4.71. The number of hydrogen-bond acceptors (Lipinski definition) is 5. The quantitative estimate of drug-likeness (QED) is 0.623. The van der Waals surface area contributed by atoms with Gasteiger partial charge in [0.2, 0.25) is 0 Å². The summed E-state index contributed by atoms with van der Waals surface area (Å²) >= 11 is 1.43. The van der Waals surface area contributed by atoms with Crippen LogP contribution in [0.5, 0.6) is 5.75 Å². The number of nitrogens with one attached hydrogen (secondary N) is 1. The van der Waals surface area contributed by atoms with Crippen molar-refractivity contribution in [1.82, 2.24) is 0 Å². The van der Waals surface area contributed by atoms with E-state index in [0.717, 1.165) is 28.8 Å². The average molecular weight is 407 g/mol. The van der Waals surface area contributed by atoms with Crippen LogP contribution in [0.4, 0.5) is 5.00 Å². The van der Waals surface area contributed by atoms with Crippen LogP contribution in [0, 0.1) is 0 Å². The van der Waals surface area contributed by atoms with Crippen LogP contribution in [0.15, 0.2) is 54.6 Å². The van der Waals surface area contributed by atoms with Gasteiger partial charge in [0.1, 0.15) is 16.3 Å². The molecule has 0 fully saturated rings. The molecule has 29 heavy (non-hydrogen) atoms. The van der Waals surface area contributed by atoms with Crippen LogP contribution in [0.2, 0.25) is 0 Å². The second-order valence-electron chi connectivity index (χ2n) is 6.82. The highest BCUT2D eigenvalue weighted by Crippen LogP contribution is 2.45. The minimum absolute atomic E-state index is 0.314. The van der Waals surface area contributed by atoms with E-state index < -0.39 is 12.1 Å². The number of anilines is 1. The van der Waals surface area contributed by atoms with Gasteiger partial charge >= 0.3 is 5.97 Å². The van der Waals surface area contributed by atoms with Crippen molar-refractivity contribution in [3.05, 3.63) is 70.6 Å². The lowest BCUT2D eigenvalue weighted by Crippen LogP contribution is -2.30. The van der Waals surface area contributed by atoms with Crippen molar-refractivity contribution >= 4 is 28.2 Å². The summed E-state index contributed by atoms with van der Waals surface area (Å²) in [4.78, 5) is 26.5. The Morgan fingerprint density at radius 3 is 2.52 bits per heavy atom. The molecule has 1 aromatic heterocycles. The molecule has 1 amide bonds. The van der Waals surface area contributed by atoms with Gasteiger partial charge in [0.25, 0.3) is 5.91 Å². The molecule has 0 saturated carbocycles. The first kappa shape index (κ1) is 19.2. The van der Waals surface area contributed by atoms with E-state index in [1.54, 1.807) is 19.1 Å². The van der Waals surface area contributed by atoms with Crippen LogP contribution < -0.4 is 10.1 Å². The van der Waals surface area contributed by atoms with Gasteiger partial charge in [-0.25, -0.2) is 4.79 Å². The third kappa shape index (κ3) is 3.76. The number of methoxy groups -OCH3 is 1. The highest BCUT2D eigenvalue weighted by molar-refractivity contribution is 7.17. The van der Waals surface area contributed by atoms with Crippen molar-refractivity contribution in [3.8, 4) is 16.9 Å². The lowest BCUT2D eigenvalue weighted by Gasteiger charge is -2.17. The van der Waals surface area contributed by atoms with Crippen molar-refractivity contribution in [3.63, 3.8) is 0 Å². The molecule has 1 aliphatic carbocycles.